The quantitative estimate of drug-likeness (QED) is 0.167. The zero-order chi connectivity index (χ0) is 41.4. The molecule has 0 saturated carbocycles. The molecule has 0 amide bonds. The molecule has 0 radical (unpaired) electrons. The summed E-state index contributed by atoms with van der Waals surface area (Å²) in [5.41, 5.74) is -6.10. The molecule has 0 N–H and O–H groups in total. The number of halogens is 12. The molecule has 0 aliphatic rings. The van der Waals surface area contributed by atoms with Gasteiger partial charge in [-0.2, -0.15) is 57.9 Å². The van der Waals surface area contributed by atoms with E-state index in [0.717, 1.165) is 0 Å². The van der Waals surface area contributed by atoms with Crippen LogP contribution in [0.25, 0.3) is 61.1 Å². The van der Waals surface area contributed by atoms with E-state index in [1.54, 1.807) is 19.9 Å². The highest BCUT2D eigenvalue weighted by Gasteiger charge is 2.40. The summed E-state index contributed by atoms with van der Waals surface area (Å²) in [6.45, 7) is 3.43. The molecular weight excluding hydrogens is 776 g/mol. The summed E-state index contributed by atoms with van der Waals surface area (Å²) >= 11 is 0. The second-order valence-electron chi connectivity index (χ2n) is 13.1. The molecule has 0 spiro atoms. The Hall–Kier alpha value is -6.37. The van der Waals surface area contributed by atoms with E-state index in [0.29, 0.717) is 52.0 Å². The number of rotatable bonds is 4. The van der Waals surface area contributed by atoms with E-state index in [1.807, 2.05) is 6.07 Å². The number of nitriles is 1. The Kier molecular flexibility index (Phi) is 9.13. The van der Waals surface area contributed by atoms with Gasteiger partial charge in [0.15, 0.2) is 5.82 Å². The third-order valence-electron chi connectivity index (χ3n) is 9.29. The van der Waals surface area contributed by atoms with Crippen LogP contribution in [0.4, 0.5) is 52.7 Å². The highest BCUT2D eigenvalue weighted by atomic mass is 19.4. The Balaban J connectivity index is 1.57. The van der Waals surface area contributed by atoms with Gasteiger partial charge in [-0.05, 0) is 96.8 Å². The zero-order valence-corrected chi connectivity index (χ0v) is 29.1. The summed E-state index contributed by atoms with van der Waals surface area (Å²) in [5, 5.41) is 10.9. The number of hydrogen-bond donors (Lipinski definition) is 0. The summed E-state index contributed by atoms with van der Waals surface area (Å²) in [5.74, 6) is 0.222. The number of alkyl halides is 12. The summed E-state index contributed by atoms with van der Waals surface area (Å²) in [6, 6.07) is 18.2. The van der Waals surface area contributed by atoms with Crippen LogP contribution in [0.2, 0.25) is 0 Å². The zero-order valence-electron chi connectivity index (χ0n) is 29.1. The first kappa shape index (κ1) is 38.9. The molecule has 290 valence electrons. The van der Waals surface area contributed by atoms with Gasteiger partial charge < -0.3 is 4.57 Å². The van der Waals surface area contributed by atoms with E-state index in [1.165, 1.54) is 59.2 Å². The van der Waals surface area contributed by atoms with Crippen LogP contribution in [0.1, 0.15) is 39.2 Å². The summed E-state index contributed by atoms with van der Waals surface area (Å²) in [4.78, 5) is 8.90. The van der Waals surface area contributed by atoms with Gasteiger partial charge in [0.1, 0.15) is 6.07 Å². The summed E-state index contributed by atoms with van der Waals surface area (Å²) in [7, 11) is 0. The van der Waals surface area contributed by atoms with Crippen LogP contribution in [0.3, 0.4) is 0 Å². The van der Waals surface area contributed by atoms with E-state index in [-0.39, 0.29) is 51.4 Å². The standard InChI is InChI=1S/C41H22F12N4/c1-20-13-21(2)56-37(55-20)24-3-4-25(19-54)34(16-24)57-35-14-22(28-11-7-26(38(42,43)44)17-32(28)40(48,49)50)5-9-30(35)31-10-6-23(15-36(31)57)29-12-8-27(39(45,46)47)18-33(29)41(51,52)53/h3-18H,1-2H3. The molecule has 0 bridgehead atoms. The van der Waals surface area contributed by atoms with E-state index in [4.69, 9.17) is 0 Å². The predicted molar refractivity (Wildman–Crippen MR) is 187 cm³/mol. The molecule has 5 aromatic carbocycles. The largest absolute Gasteiger partial charge is 0.417 e. The maximum absolute atomic E-state index is 14.3. The smallest absolute Gasteiger partial charge is 0.308 e. The average molecular weight is 799 g/mol. The minimum Gasteiger partial charge on any atom is -0.308 e. The lowest BCUT2D eigenvalue weighted by Crippen LogP contribution is -2.12. The van der Waals surface area contributed by atoms with Crippen molar-refractivity contribution in [2.45, 2.75) is 38.6 Å². The number of hydrogen-bond acceptors (Lipinski definition) is 3. The fourth-order valence-electron chi connectivity index (χ4n) is 6.83. The maximum atomic E-state index is 14.3. The predicted octanol–water partition coefficient (Wildman–Crippen LogP) is 13.1. The van der Waals surface area contributed by atoms with Crippen LogP contribution in [0, 0.1) is 25.2 Å². The molecule has 16 heteroatoms. The van der Waals surface area contributed by atoms with Crippen molar-refractivity contribution in [1.82, 2.24) is 14.5 Å². The van der Waals surface area contributed by atoms with E-state index >= 15 is 0 Å². The number of aromatic nitrogens is 3. The highest BCUT2D eigenvalue weighted by molar-refractivity contribution is 6.11. The van der Waals surface area contributed by atoms with Gasteiger partial charge >= 0.3 is 24.7 Å². The topological polar surface area (TPSA) is 54.5 Å². The number of fused-ring (bicyclic) bond motifs is 3. The molecule has 0 unspecified atom stereocenters. The summed E-state index contributed by atoms with van der Waals surface area (Å²) < 4.78 is 169. The lowest BCUT2D eigenvalue weighted by molar-refractivity contribution is -0.144. The average Bonchev–Trinajstić information content (AvgIpc) is 3.45. The van der Waals surface area contributed by atoms with Crippen molar-refractivity contribution in [1.29, 1.82) is 5.26 Å². The van der Waals surface area contributed by atoms with Gasteiger partial charge in [0.2, 0.25) is 0 Å². The number of aryl methyl sites for hydroxylation is 2. The van der Waals surface area contributed by atoms with Crippen molar-refractivity contribution in [3.63, 3.8) is 0 Å². The normalized spacial score (nSPS) is 12.7. The van der Waals surface area contributed by atoms with Gasteiger partial charge in [0.25, 0.3) is 0 Å². The Morgan fingerprint density at radius 1 is 0.491 bits per heavy atom. The van der Waals surface area contributed by atoms with Crippen molar-refractivity contribution in [3.8, 4) is 45.4 Å². The first-order valence-electron chi connectivity index (χ1n) is 16.6. The fourth-order valence-corrected chi connectivity index (χ4v) is 6.83. The van der Waals surface area contributed by atoms with Crippen LogP contribution in [0.15, 0.2) is 97.1 Å². The van der Waals surface area contributed by atoms with Crippen LogP contribution in [-0.4, -0.2) is 14.5 Å². The van der Waals surface area contributed by atoms with Gasteiger partial charge in [-0.3, -0.25) is 0 Å². The molecule has 0 saturated heterocycles. The lowest BCUT2D eigenvalue weighted by Gasteiger charge is -2.17. The molecule has 57 heavy (non-hydrogen) atoms. The van der Waals surface area contributed by atoms with Crippen molar-refractivity contribution in [2.24, 2.45) is 0 Å². The van der Waals surface area contributed by atoms with Gasteiger partial charge in [-0.25, -0.2) is 9.97 Å². The summed E-state index contributed by atoms with van der Waals surface area (Å²) in [6.07, 6.45) is -20.7. The molecule has 7 aromatic rings. The van der Waals surface area contributed by atoms with Crippen LogP contribution >= 0.6 is 0 Å². The van der Waals surface area contributed by atoms with Crippen molar-refractivity contribution in [3.05, 3.63) is 136 Å². The monoisotopic (exact) mass is 798 g/mol. The van der Waals surface area contributed by atoms with E-state index in [9.17, 15) is 57.9 Å². The first-order valence-corrected chi connectivity index (χ1v) is 16.6. The molecule has 0 aliphatic heterocycles. The molecule has 4 nitrogen and oxygen atoms in total. The number of nitrogens with zero attached hydrogens (tertiary/aromatic N) is 4. The van der Waals surface area contributed by atoms with Gasteiger partial charge in [-0.1, -0.05) is 36.4 Å². The van der Waals surface area contributed by atoms with Crippen LogP contribution < -0.4 is 0 Å². The molecule has 2 aromatic heterocycles. The minimum absolute atomic E-state index is 0.00918. The van der Waals surface area contributed by atoms with Crippen LogP contribution in [-0.2, 0) is 24.7 Å². The third kappa shape index (κ3) is 7.25. The molecule has 0 fully saturated rings. The van der Waals surface area contributed by atoms with Crippen LogP contribution in [0.5, 0.6) is 0 Å². The maximum Gasteiger partial charge on any atom is 0.417 e. The highest BCUT2D eigenvalue weighted by Crippen LogP contribution is 2.45. The van der Waals surface area contributed by atoms with Gasteiger partial charge in [-0.15, -0.1) is 0 Å². The van der Waals surface area contributed by atoms with Gasteiger partial charge in [0, 0.05) is 27.7 Å². The van der Waals surface area contributed by atoms with Crippen molar-refractivity contribution in [2.75, 3.05) is 0 Å². The second-order valence-corrected chi connectivity index (χ2v) is 13.1. The molecule has 0 atom stereocenters. The second kappa shape index (κ2) is 13.4. The number of benzene rings is 5. The lowest BCUT2D eigenvalue weighted by atomic mass is 9.95. The van der Waals surface area contributed by atoms with Crippen molar-refractivity contribution < 1.29 is 52.7 Å². The SMILES string of the molecule is Cc1cc(C)nc(-c2ccc(C#N)c(-n3c4cc(-c5ccc(C(F)(F)F)cc5C(F)(F)F)ccc4c4ccc(-c5ccc(C(F)(F)F)cc5C(F)(F)F)cc43)c2)n1. The minimum atomic E-state index is -5.24. The Morgan fingerprint density at radius 3 is 1.33 bits per heavy atom. The van der Waals surface area contributed by atoms with E-state index in [2.05, 4.69) is 9.97 Å². The molecular formula is C41H22F12N4. The molecule has 7 rings (SSSR count). The fraction of sp³-hybridized carbons (Fsp3) is 0.146. The Bertz CT molecular complexity index is 2630. The Labute approximate surface area is 314 Å². The third-order valence-corrected chi connectivity index (χ3v) is 9.29. The Morgan fingerprint density at radius 2 is 0.930 bits per heavy atom. The van der Waals surface area contributed by atoms with Gasteiger partial charge in [0.05, 0.1) is 44.5 Å². The van der Waals surface area contributed by atoms with Crippen molar-refractivity contribution >= 4 is 21.8 Å². The first-order chi connectivity index (χ1) is 26.5. The van der Waals surface area contributed by atoms with E-state index < -0.39 is 58.1 Å². The molecule has 2 heterocycles. The molecule has 0 aliphatic carbocycles.